The minimum atomic E-state index is 0.0329. The van der Waals surface area contributed by atoms with Crippen LogP contribution in [0.4, 0.5) is 5.69 Å². The van der Waals surface area contributed by atoms with Gasteiger partial charge in [0.05, 0.1) is 6.54 Å². The summed E-state index contributed by atoms with van der Waals surface area (Å²) < 4.78 is 0. The summed E-state index contributed by atoms with van der Waals surface area (Å²) in [7, 11) is 0. The molecule has 1 saturated heterocycles. The van der Waals surface area contributed by atoms with Gasteiger partial charge in [-0.05, 0) is 55.9 Å². The highest BCUT2D eigenvalue weighted by atomic mass is 16.2. The summed E-state index contributed by atoms with van der Waals surface area (Å²) in [5.74, 6) is 1.70. The average molecular weight is 286 g/mol. The van der Waals surface area contributed by atoms with Crippen molar-refractivity contribution in [2.24, 2.45) is 11.8 Å². The second-order valence-corrected chi connectivity index (χ2v) is 6.33. The van der Waals surface area contributed by atoms with Crippen LogP contribution < -0.4 is 5.32 Å². The Morgan fingerprint density at radius 1 is 1.14 bits per heavy atom. The molecule has 1 aliphatic heterocycles. The first-order valence-electron chi connectivity index (χ1n) is 7.75. The van der Waals surface area contributed by atoms with Crippen molar-refractivity contribution < 1.29 is 9.59 Å². The van der Waals surface area contributed by atoms with Gasteiger partial charge in [-0.2, -0.15) is 0 Å². The third kappa shape index (κ3) is 3.32. The molecule has 1 aromatic carbocycles. The fraction of sp³-hybridized carbons (Fsp3) is 0.529. The largest absolute Gasteiger partial charge is 0.325 e. The molecule has 2 atom stereocenters. The van der Waals surface area contributed by atoms with Crippen molar-refractivity contribution in [3.63, 3.8) is 0 Å². The molecule has 1 N–H and O–H groups in total. The van der Waals surface area contributed by atoms with E-state index >= 15 is 0 Å². The molecule has 2 aliphatic rings. The van der Waals surface area contributed by atoms with Gasteiger partial charge in [0.2, 0.25) is 5.91 Å². The van der Waals surface area contributed by atoms with Gasteiger partial charge in [0, 0.05) is 24.3 Å². The Hall–Kier alpha value is -1.68. The molecule has 0 radical (unpaired) electrons. The predicted molar refractivity (Wildman–Crippen MR) is 82.3 cm³/mol. The van der Waals surface area contributed by atoms with E-state index < -0.39 is 0 Å². The summed E-state index contributed by atoms with van der Waals surface area (Å²) in [6.45, 7) is 4.15. The summed E-state index contributed by atoms with van der Waals surface area (Å²) in [4.78, 5) is 25.6. The smallest absolute Gasteiger partial charge is 0.238 e. The molecule has 1 aliphatic carbocycles. The number of rotatable bonds is 4. The molecule has 0 spiro atoms. The molecular weight excluding hydrogens is 264 g/mol. The number of nitrogens with one attached hydrogen (secondary N) is 1. The van der Waals surface area contributed by atoms with E-state index in [9.17, 15) is 9.59 Å². The lowest BCUT2D eigenvalue weighted by atomic mass is 10.0. The summed E-state index contributed by atoms with van der Waals surface area (Å²) >= 11 is 0. The first-order chi connectivity index (χ1) is 10.1. The Kier molecular flexibility index (Phi) is 4.06. The Labute approximate surface area is 125 Å². The van der Waals surface area contributed by atoms with Gasteiger partial charge in [-0.1, -0.05) is 6.42 Å². The zero-order valence-electron chi connectivity index (χ0n) is 12.5. The number of benzene rings is 1. The van der Waals surface area contributed by atoms with Crippen LogP contribution in [0.5, 0.6) is 0 Å². The number of ketones is 1. The van der Waals surface area contributed by atoms with Crippen LogP contribution in [0.15, 0.2) is 24.3 Å². The van der Waals surface area contributed by atoms with E-state index in [0.29, 0.717) is 12.1 Å². The Morgan fingerprint density at radius 3 is 2.33 bits per heavy atom. The van der Waals surface area contributed by atoms with Gasteiger partial charge < -0.3 is 5.32 Å². The molecule has 21 heavy (non-hydrogen) atoms. The van der Waals surface area contributed by atoms with Gasteiger partial charge in [0.15, 0.2) is 5.78 Å². The highest BCUT2D eigenvalue weighted by Crippen LogP contribution is 2.37. The van der Waals surface area contributed by atoms with Gasteiger partial charge >= 0.3 is 0 Å². The summed E-state index contributed by atoms with van der Waals surface area (Å²) in [5, 5.41) is 2.91. The lowest BCUT2D eigenvalue weighted by Crippen LogP contribution is -2.32. The van der Waals surface area contributed by atoms with Crippen molar-refractivity contribution >= 4 is 17.4 Å². The first-order valence-corrected chi connectivity index (χ1v) is 7.75. The molecule has 0 bridgehead atoms. The minimum Gasteiger partial charge on any atom is -0.325 e. The van der Waals surface area contributed by atoms with Crippen LogP contribution in [0, 0.1) is 11.8 Å². The molecule has 4 heteroatoms. The third-order valence-corrected chi connectivity index (χ3v) is 4.74. The molecular formula is C17H22N2O2. The maximum atomic E-state index is 12.1. The second-order valence-electron chi connectivity index (χ2n) is 6.33. The van der Waals surface area contributed by atoms with E-state index in [4.69, 9.17) is 0 Å². The average Bonchev–Trinajstić information content (AvgIpc) is 3.00. The molecule has 1 heterocycles. The van der Waals surface area contributed by atoms with Crippen LogP contribution in [0.25, 0.3) is 0 Å². The highest BCUT2D eigenvalue weighted by molar-refractivity contribution is 5.96. The lowest BCUT2D eigenvalue weighted by molar-refractivity contribution is -0.117. The monoisotopic (exact) mass is 286 g/mol. The van der Waals surface area contributed by atoms with E-state index in [2.05, 4.69) is 10.2 Å². The first kappa shape index (κ1) is 14.3. The molecule has 3 rings (SSSR count). The predicted octanol–water partition coefficient (Wildman–Crippen LogP) is 2.56. The Balaban J connectivity index is 1.51. The lowest BCUT2D eigenvalue weighted by Gasteiger charge is -2.16. The molecule has 1 aromatic rings. The van der Waals surface area contributed by atoms with Crippen molar-refractivity contribution in [3.8, 4) is 0 Å². The number of carbonyl (C=O) groups excluding carboxylic acids is 2. The maximum absolute atomic E-state index is 12.1. The van der Waals surface area contributed by atoms with Gasteiger partial charge in [-0.3, -0.25) is 14.5 Å². The van der Waals surface area contributed by atoms with Crippen LogP contribution >= 0.6 is 0 Å². The molecule has 2 fully saturated rings. The Bertz CT molecular complexity index is 526. The van der Waals surface area contributed by atoms with Crippen molar-refractivity contribution in [1.82, 2.24) is 4.90 Å². The van der Waals surface area contributed by atoms with Gasteiger partial charge in [-0.15, -0.1) is 0 Å². The number of likely N-dealkylation sites (tertiary alicyclic amines) is 1. The van der Waals surface area contributed by atoms with E-state index in [0.717, 1.165) is 30.6 Å². The zero-order valence-corrected chi connectivity index (χ0v) is 12.5. The van der Waals surface area contributed by atoms with Crippen LogP contribution in [0.3, 0.4) is 0 Å². The minimum absolute atomic E-state index is 0.0329. The number of fused-ring (bicyclic) bond motifs is 1. The quantitative estimate of drug-likeness (QED) is 0.865. The number of nitrogens with zero attached hydrogens (tertiary/aromatic N) is 1. The SMILES string of the molecule is CC(=O)c1ccc(NC(=O)CN2CC3CCCC3C2)cc1. The normalized spacial score (nSPS) is 24.8. The number of amides is 1. The molecule has 1 saturated carbocycles. The van der Waals surface area contributed by atoms with E-state index in [-0.39, 0.29) is 11.7 Å². The number of hydrogen-bond donors (Lipinski definition) is 1. The van der Waals surface area contributed by atoms with Gasteiger partial charge in [0.25, 0.3) is 0 Å². The fourth-order valence-electron chi connectivity index (χ4n) is 3.65. The van der Waals surface area contributed by atoms with Gasteiger partial charge in [0.1, 0.15) is 0 Å². The maximum Gasteiger partial charge on any atom is 0.238 e. The van der Waals surface area contributed by atoms with Crippen molar-refractivity contribution in [1.29, 1.82) is 0 Å². The molecule has 0 aromatic heterocycles. The summed E-state index contributed by atoms with van der Waals surface area (Å²) in [6.07, 6.45) is 4.02. The molecule has 4 nitrogen and oxygen atoms in total. The van der Waals surface area contributed by atoms with Crippen LogP contribution in [-0.2, 0) is 4.79 Å². The second kappa shape index (κ2) is 5.98. The fourth-order valence-corrected chi connectivity index (χ4v) is 3.65. The zero-order chi connectivity index (χ0) is 14.8. The third-order valence-electron chi connectivity index (χ3n) is 4.74. The number of hydrogen-bond acceptors (Lipinski definition) is 3. The number of carbonyl (C=O) groups is 2. The number of anilines is 1. The van der Waals surface area contributed by atoms with Crippen LogP contribution in [-0.4, -0.2) is 36.2 Å². The summed E-state index contributed by atoms with van der Waals surface area (Å²) in [5.41, 5.74) is 1.42. The van der Waals surface area contributed by atoms with Gasteiger partial charge in [-0.25, -0.2) is 0 Å². The van der Waals surface area contributed by atoms with Crippen molar-refractivity contribution in [3.05, 3.63) is 29.8 Å². The van der Waals surface area contributed by atoms with Crippen LogP contribution in [0.1, 0.15) is 36.5 Å². The van der Waals surface area contributed by atoms with E-state index in [1.807, 2.05) is 0 Å². The highest BCUT2D eigenvalue weighted by Gasteiger charge is 2.36. The molecule has 112 valence electrons. The van der Waals surface area contributed by atoms with E-state index in [1.165, 1.54) is 26.2 Å². The Morgan fingerprint density at radius 2 is 1.76 bits per heavy atom. The van der Waals surface area contributed by atoms with Crippen LogP contribution in [0.2, 0.25) is 0 Å². The van der Waals surface area contributed by atoms with E-state index in [1.54, 1.807) is 24.3 Å². The molecule has 2 unspecified atom stereocenters. The standard InChI is InChI=1S/C17H22N2O2/c1-12(20)13-5-7-16(8-6-13)18-17(21)11-19-9-14-3-2-4-15(14)10-19/h5-8,14-15H,2-4,9-11H2,1H3,(H,18,21). The van der Waals surface area contributed by atoms with Crippen molar-refractivity contribution in [2.45, 2.75) is 26.2 Å². The topological polar surface area (TPSA) is 49.4 Å². The summed E-state index contributed by atoms with van der Waals surface area (Å²) in [6, 6.07) is 7.07. The van der Waals surface area contributed by atoms with Crippen molar-refractivity contribution in [2.75, 3.05) is 25.0 Å². The molecule has 1 amide bonds. The number of Topliss-reactive ketones (excluding diaryl/α,β-unsaturated/α-hetero) is 1.